The minimum atomic E-state index is -0.824. The van der Waals surface area contributed by atoms with Crippen LogP contribution in [0.1, 0.15) is 24.0 Å². The summed E-state index contributed by atoms with van der Waals surface area (Å²) in [7, 11) is 0. The van der Waals surface area contributed by atoms with Gasteiger partial charge < -0.3 is 15.2 Å². The highest BCUT2D eigenvalue weighted by Gasteiger charge is 2.28. The molecule has 0 bridgehead atoms. The molecular formula is C19H21NO3. The third kappa shape index (κ3) is 3.83. The average molecular weight is 311 g/mol. The number of carboxylic acids is 1. The van der Waals surface area contributed by atoms with Gasteiger partial charge in [-0.05, 0) is 37.0 Å². The van der Waals surface area contributed by atoms with Crippen molar-refractivity contribution in [2.24, 2.45) is 0 Å². The summed E-state index contributed by atoms with van der Waals surface area (Å²) in [5, 5.41) is 12.1. The highest BCUT2D eigenvalue weighted by molar-refractivity contribution is 5.82. The summed E-state index contributed by atoms with van der Waals surface area (Å²) in [6.07, 6.45) is 3.59. The lowest BCUT2D eigenvalue weighted by Gasteiger charge is -2.10. The molecule has 0 saturated carbocycles. The van der Waals surface area contributed by atoms with Crippen molar-refractivity contribution in [3.05, 3.63) is 59.7 Å². The Bertz CT molecular complexity index is 670. The van der Waals surface area contributed by atoms with Crippen molar-refractivity contribution in [1.29, 1.82) is 0 Å². The zero-order valence-electron chi connectivity index (χ0n) is 13.0. The van der Waals surface area contributed by atoms with Crippen LogP contribution in [0, 0.1) is 0 Å². The fourth-order valence-electron chi connectivity index (χ4n) is 2.90. The minimum absolute atomic E-state index is 0.477. The van der Waals surface area contributed by atoms with Crippen molar-refractivity contribution >= 4 is 11.7 Å². The molecular weight excluding hydrogens is 290 g/mol. The van der Waals surface area contributed by atoms with Gasteiger partial charge in [-0.15, -0.1) is 0 Å². The molecule has 0 amide bonds. The maximum absolute atomic E-state index is 11.1. The van der Waals surface area contributed by atoms with E-state index in [1.807, 2.05) is 24.3 Å². The second kappa shape index (κ2) is 7.18. The number of anilines is 1. The van der Waals surface area contributed by atoms with E-state index in [0.717, 1.165) is 36.3 Å². The summed E-state index contributed by atoms with van der Waals surface area (Å²) in [5.74, 6) is -0.0199. The second-order valence-electron chi connectivity index (χ2n) is 5.81. The SMILES string of the molecule is O=C(O)C1Cc2c(cccc2OCCCCc2ccccc2)N1. The predicted octanol–water partition coefficient (Wildman–Crippen LogP) is 3.51. The van der Waals surface area contributed by atoms with Gasteiger partial charge in [-0.3, -0.25) is 0 Å². The highest BCUT2D eigenvalue weighted by atomic mass is 16.5. The summed E-state index contributed by atoms with van der Waals surface area (Å²) in [6, 6.07) is 15.6. The van der Waals surface area contributed by atoms with Gasteiger partial charge in [0.25, 0.3) is 0 Å². The average Bonchev–Trinajstić information content (AvgIpc) is 3.01. The van der Waals surface area contributed by atoms with Gasteiger partial charge in [-0.25, -0.2) is 4.79 Å². The van der Waals surface area contributed by atoms with E-state index in [9.17, 15) is 4.79 Å². The fraction of sp³-hybridized carbons (Fsp3) is 0.316. The van der Waals surface area contributed by atoms with Gasteiger partial charge in [-0.1, -0.05) is 36.4 Å². The Morgan fingerprint density at radius 1 is 1.13 bits per heavy atom. The molecule has 1 unspecified atom stereocenters. The molecule has 2 aromatic rings. The van der Waals surface area contributed by atoms with Crippen LogP contribution in [-0.2, 0) is 17.6 Å². The largest absolute Gasteiger partial charge is 0.493 e. The Hall–Kier alpha value is -2.49. The Morgan fingerprint density at radius 2 is 1.96 bits per heavy atom. The van der Waals surface area contributed by atoms with Crippen LogP contribution in [0.5, 0.6) is 5.75 Å². The third-order valence-corrected chi connectivity index (χ3v) is 4.13. The summed E-state index contributed by atoms with van der Waals surface area (Å²) in [4.78, 5) is 11.1. The molecule has 2 aromatic carbocycles. The number of unbranched alkanes of at least 4 members (excludes halogenated alkanes) is 1. The van der Waals surface area contributed by atoms with E-state index in [1.54, 1.807) is 0 Å². The monoisotopic (exact) mass is 311 g/mol. The summed E-state index contributed by atoms with van der Waals surface area (Å²) >= 11 is 0. The maximum atomic E-state index is 11.1. The van der Waals surface area contributed by atoms with Crippen LogP contribution in [0.2, 0.25) is 0 Å². The van der Waals surface area contributed by atoms with Gasteiger partial charge in [0.2, 0.25) is 0 Å². The molecule has 0 saturated heterocycles. The van der Waals surface area contributed by atoms with Crippen molar-refractivity contribution in [2.45, 2.75) is 31.7 Å². The Balaban J connectivity index is 1.48. The molecule has 1 heterocycles. The van der Waals surface area contributed by atoms with Crippen LogP contribution in [0.25, 0.3) is 0 Å². The van der Waals surface area contributed by atoms with Gasteiger partial charge >= 0.3 is 5.97 Å². The molecule has 1 aliphatic heterocycles. The Labute approximate surface area is 136 Å². The number of aliphatic carboxylic acids is 1. The number of aryl methyl sites for hydroxylation is 1. The van der Waals surface area contributed by atoms with Gasteiger partial charge in [0.1, 0.15) is 11.8 Å². The van der Waals surface area contributed by atoms with Crippen LogP contribution in [0.3, 0.4) is 0 Å². The van der Waals surface area contributed by atoms with Crippen LogP contribution in [0.15, 0.2) is 48.5 Å². The highest BCUT2D eigenvalue weighted by Crippen LogP contribution is 2.33. The first-order chi connectivity index (χ1) is 11.2. The molecule has 1 aliphatic rings. The Kier molecular flexibility index (Phi) is 4.81. The van der Waals surface area contributed by atoms with E-state index >= 15 is 0 Å². The first-order valence-corrected chi connectivity index (χ1v) is 8.02. The minimum Gasteiger partial charge on any atom is -0.493 e. The van der Waals surface area contributed by atoms with Crippen LogP contribution >= 0.6 is 0 Å². The van der Waals surface area contributed by atoms with E-state index in [4.69, 9.17) is 9.84 Å². The van der Waals surface area contributed by atoms with Gasteiger partial charge in [-0.2, -0.15) is 0 Å². The molecule has 4 heteroatoms. The normalized spacial score (nSPS) is 15.7. The fourth-order valence-corrected chi connectivity index (χ4v) is 2.90. The molecule has 23 heavy (non-hydrogen) atoms. The standard InChI is InChI=1S/C19H21NO3/c21-19(22)17-13-15-16(20-17)10-6-11-18(15)23-12-5-4-9-14-7-2-1-3-8-14/h1-3,6-8,10-11,17,20H,4-5,9,12-13H2,(H,21,22). The van der Waals surface area contributed by atoms with Crippen molar-refractivity contribution in [1.82, 2.24) is 0 Å². The number of rotatable bonds is 7. The van der Waals surface area contributed by atoms with E-state index in [0.29, 0.717) is 13.0 Å². The lowest BCUT2D eigenvalue weighted by molar-refractivity contribution is -0.137. The molecule has 3 rings (SSSR count). The van der Waals surface area contributed by atoms with Crippen LogP contribution < -0.4 is 10.1 Å². The zero-order valence-corrected chi connectivity index (χ0v) is 13.0. The van der Waals surface area contributed by atoms with E-state index in [-0.39, 0.29) is 0 Å². The molecule has 120 valence electrons. The summed E-state index contributed by atoms with van der Waals surface area (Å²) in [6.45, 7) is 0.654. The van der Waals surface area contributed by atoms with E-state index in [1.165, 1.54) is 5.56 Å². The van der Waals surface area contributed by atoms with Gasteiger partial charge in [0.05, 0.1) is 6.61 Å². The molecule has 4 nitrogen and oxygen atoms in total. The molecule has 0 fully saturated rings. The molecule has 2 N–H and O–H groups in total. The topological polar surface area (TPSA) is 58.6 Å². The lowest BCUT2D eigenvalue weighted by Crippen LogP contribution is -2.26. The molecule has 0 aromatic heterocycles. The molecule has 1 atom stereocenters. The van der Waals surface area contributed by atoms with Gasteiger partial charge in [0.15, 0.2) is 0 Å². The van der Waals surface area contributed by atoms with Crippen LogP contribution in [-0.4, -0.2) is 23.7 Å². The van der Waals surface area contributed by atoms with E-state index in [2.05, 4.69) is 29.6 Å². The number of fused-ring (bicyclic) bond motifs is 1. The number of hydrogen-bond donors (Lipinski definition) is 2. The lowest BCUT2D eigenvalue weighted by atomic mass is 10.1. The van der Waals surface area contributed by atoms with Crippen molar-refractivity contribution < 1.29 is 14.6 Å². The zero-order chi connectivity index (χ0) is 16.1. The summed E-state index contributed by atoms with van der Waals surface area (Å²) < 4.78 is 5.88. The van der Waals surface area contributed by atoms with E-state index < -0.39 is 12.0 Å². The maximum Gasteiger partial charge on any atom is 0.326 e. The van der Waals surface area contributed by atoms with Crippen LogP contribution in [0.4, 0.5) is 5.69 Å². The second-order valence-corrected chi connectivity index (χ2v) is 5.81. The van der Waals surface area contributed by atoms with Crippen molar-refractivity contribution in [3.63, 3.8) is 0 Å². The smallest absolute Gasteiger partial charge is 0.326 e. The van der Waals surface area contributed by atoms with Crippen molar-refractivity contribution in [3.8, 4) is 5.75 Å². The summed E-state index contributed by atoms with van der Waals surface area (Å²) in [5.41, 5.74) is 3.20. The molecule has 0 spiro atoms. The van der Waals surface area contributed by atoms with Crippen molar-refractivity contribution in [2.75, 3.05) is 11.9 Å². The number of benzene rings is 2. The quantitative estimate of drug-likeness (QED) is 0.768. The Morgan fingerprint density at radius 3 is 2.74 bits per heavy atom. The van der Waals surface area contributed by atoms with Gasteiger partial charge in [0, 0.05) is 17.7 Å². The first kappa shape index (κ1) is 15.4. The number of carbonyl (C=O) groups is 1. The number of carboxylic acid groups (broad SMARTS) is 1. The molecule has 0 aliphatic carbocycles. The number of nitrogens with one attached hydrogen (secondary N) is 1. The predicted molar refractivity (Wildman–Crippen MR) is 90.1 cm³/mol. The first-order valence-electron chi connectivity index (χ1n) is 8.02. The number of ether oxygens (including phenoxy) is 1. The molecule has 0 radical (unpaired) electrons. The third-order valence-electron chi connectivity index (χ3n) is 4.13. The number of hydrogen-bond acceptors (Lipinski definition) is 3.